The van der Waals surface area contributed by atoms with Crippen molar-refractivity contribution < 1.29 is 22.7 Å². The van der Waals surface area contributed by atoms with Crippen LogP contribution in [0.1, 0.15) is 12.8 Å². The zero-order valence-electron chi connectivity index (χ0n) is 5.81. The van der Waals surface area contributed by atoms with E-state index in [4.69, 9.17) is 5.11 Å². The Morgan fingerprint density at radius 1 is 1.18 bits per heavy atom. The van der Waals surface area contributed by atoms with Crippen molar-refractivity contribution in [1.82, 2.24) is 0 Å². The Morgan fingerprint density at radius 3 is 2.09 bits per heavy atom. The van der Waals surface area contributed by atoms with Crippen molar-refractivity contribution >= 4 is 0 Å². The zero-order chi connectivity index (χ0) is 8.85. The van der Waals surface area contributed by atoms with E-state index in [1.54, 1.807) is 0 Å². The first kappa shape index (κ1) is 10.7. The van der Waals surface area contributed by atoms with Crippen molar-refractivity contribution in [3.8, 4) is 0 Å². The molecule has 1 N–H and O–H groups in total. The van der Waals surface area contributed by atoms with Gasteiger partial charge >= 0.3 is 0 Å². The van der Waals surface area contributed by atoms with Gasteiger partial charge < -0.3 is 5.11 Å². The quantitative estimate of drug-likeness (QED) is 0.629. The number of rotatable bonds is 5. The molecule has 11 heavy (non-hydrogen) atoms. The van der Waals surface area contributed by atoms with E-state index < -0.39 is 31.8 Å². The van der Waals surface area contributed by atoms with Gasteiger partial charge in [-0.05, 0) is 12.8 Å². The molecule has 0 aliphatic carbocycles. The lowest BCUT2D eigenvalue weighted by molar-refractivity contribution is -0.0587. The fourth-order valence-corrected chi connectivity index (χ4v) is 0.604. The standard InChI is InChI=1S/C6H10F4O/c7-3-1-2-4(8)5(9)6(10)11/h4-6,11H,1-3H2. The lowest BCUT2D eigenvalue weighted by Crippen LogP contribution is -2.27. The molecule has 0 aromatic rings. The Kier molecular flexibility index (Phi) is 5.19. The minimum absolute atomic E-state index is 0.158. The summed E-state index contributed by atoms with van der Waals surface area (Å²) in [6.07, 6.45) is -8.05. The monoisotopic (exact) mass is 174 g/mol. The molecule has 0 rings (SSSR count). The number of alkyl halides is 4. The molecule has 0 bridgehead atoms. The summed E-state index contributed by atoms with van der Waals surface area (Å²) in [5, 5.41) is 7.92. The highest BCUT2D eigenvalue weighted by molar-refractivity contribution is 4.69. The highest BCUT2D eigenvalue weighted by atomic mass is 19.2. The lowest BCUT2D eigenvalue weighted by atomic mass is 10.1. The summed E-state index contributed by atoms with van der Waals surface area (Å²) < 4.78 is 47.4. The third-order valence-corrected chi connectivity index (χ3v) is 1.22. The minimum Gasteiger partial charge on any atom is -0.362 e. The van der Waals surface area contributed by atoms with E-state index >= 15 is 0 Å². The van der Waals surface area contributed by atoms with E-state index in [0.29, 0.717) is 0 Å². The van der Waals surface area contributed by atoms with E-state index in [-0.39, 0.29) is 6.42 Å². The van der Waals surface area contributed by atoms with Crippen LogP contribution < -0.4 is 0 Å². The fraction of sp³-hybridized carbons (Fsp3) is 1.00. The molecule has 5 heteroatoms. The second-order valence-electron chi connectivity index (χ2n) is 2.16. The highest BCUT2D eigenvalue weighted by Gasteiger charge is 2.27. The maximum Gasteiger partial charge on any atom is 0.230 e. The van der Waals surface area contributed by atoms with Crippen molar-refractivity contribution in [2.45, 2.75) is 31.5 Å². The molecular formula is C6H10F4O. The van der Waals surface area contributed by atoms with Crippen molar-refractivity contribution in [3.63, 3.8) is 0 Å². The molecule has 3 atom stereocenters. The second kappa shape index (κ2) is 5.35. The van der Waals surface area contributed by atoms with Crippen LogP contribution in [-0.4, -0.2) is 30.5 Å². The predicted octanol–water partition coefficient (Wildman–Crippen LogP) is 1.70. The summed E-state index contributed by atoms with van der Waals surface area (Å²) in [5.41, 5.74) is 0. The van der Waals surface area contributed by atoms with Crippen molar-refractivity contribution in [2.75, 3.05) is 6.67 Å². The number of aliphatic hydroxyl groups excluding tert-OH is 1. The SMILES string of the molecule is OC(F)C(F)C(F)CCCF. The molecule has 0 saturated carbocycles. The predicted molar refractivity (Wildman–Crippen MR) is 32.1 cm³/mol. The first-order valence-corrected chi connectivity index (χ1v) is 3.26. The van der Waals surface area contributed by atoms with Crippen LogP contribution in [0.3, 0.4) is 0 Å². The van der Waals surface area contributed by atoms with Crippen molar-refractivity contribution in [3.05, 3.63) is 0 Å². The van der Waals surface area contributed by atoms with E-state index in [9.17, 15) is 17.6 Å². The third kappa shape index (κ3) is 4.19. The molecule has 0 saturated heterocycles. The maximum absolute atomic E-state index is 12.3. The van der Waals surface area contributed by atoms with E-state index in [1.165, 1.54) is 0 Å². The largest absolute Gasteiger partial charge is 0.362 e. The Bertz CT molecular complexity index is 98.6. The highest BCUT2D eigenvalue weighted by Crippen LogP contribution is 2.14. The smallest absolute Gasteiger partial charge is 0.230 e. The summed E-state index contributed by atoms with van der Waals surface area (Å²) in [6.45, 7) is -0.768. The van der Waals surface area contributed by atoms with Gasteiger partial charge in [-0.3, -0.25) is 4.39 Å². The summed E-state index contributed by atoms with van der Waals surface area (Å²) in [6, 6.07) is 0. The number of hydrogen-bond donors (Lipinski definition) is 1. The Hall–Kier alpha value is -0.320. The van der Waals surface area contributed by atoms with Crippen LogP contribution in [0.15, 0.2) is 0 Å². The summed E-state index contributed by atoms with van der Waals surface area (Å²) in [5.74, 6) is 0. The molecule has 0 amide bonds. The van der Waals surface area contributed by atoms with E-state index in [2.05, 4.69) is 0 Å². The third-order valence-electron chi connectivity index (χ3n) is 1.22. The van der Waals surface area contributed by atoms with Crippen molar-refractivity contribution in [1.29, 1.82) is 0 Å². The van der Waals surface area contributed by atoms with Gasteiger partial charge in [0, 0.05) is 0 Å². The zero-order valence-corrected chi connectivity index (χ0v) is 5.81. The molecule has 0 aliphatic rings. The maximum atomic E-state index is 12.3. The summed E-state index contributed by atoms with van der Waals surface area (Å²) in [7, 11) is 0. The normalized spacial score (nSPS) is 19.4. The van der Waals surface area contributed by atoms with Crippen LogP contribution in [0, 0.1) is 0 Å². The molecular weight excluding hydrogens is 164 g/mol. The van der Waals surface area contributed by atoms with Gasteiger partial charge in [-0.15, -0.1) is 0 Å². The Labute approximate surface area is 62.0 Å². The van der Waals surface area contributed by atoms with Gasteiger partial charge in [0.25, 0.3) is 0 Å². The van der Waals surface area contributed by atoms with Gasteiger partial charge in [0.05, 0.1) is 6.67 Å². The average Bonchev–Trinajstić information content (AvgIpc) is 1.98. The molecule has 0 spiro atoms. The molecule has 0 fully saturated rings. The Morgan fingerprint density at radius 2 is 1.73 bits per heavy atom. The molecule has 0 aromatic carbocycles. The molecule has 68 valence electrons. The first-order valence-electron chi connectivity index (χ1n) is 3.26. The lowest BCUT2D eigenvalue weighted by Gasteiger charge is -2.12. The van der Waals surface area contributed by atoms with Crippen LogP contribution in [0.25, 0.3) is 0 Å². The molecule has 0 aromatic heterocycles. The van der Waals surface area contributed by atoms with Crippen LogP contribution >= 0.6 is 0 Å². The average molecular weight is 174 g/mol. The molecule has 3 unspecified atom stereocenters. The second-order valence-corrected chi connectivity index (χ2v) is 2.16. The van der Waals surface area contributed by atoms with Crippen LogP contribution in [0.4, 0.5) is 17.6 Å². The van der Waals surface area contributed by atoms with E-state index in [0.717, 1.165) is 0 Å². The molecule has 0 aliphatic heterocycles. The van der Waals surface area contributed by atoms with Crippen LogP contribution in [0.5, 0.6) is 0 Å². The van der Waals surface area contributed by atoms with Crippen LogP contribution in [-0.2, 0) is 0 Å². The van der Waals surface area contributed by atoms with Gasteiger partial charge in [-0.25, -0.2) is 13.2 Å². The number of hydrogen-bond acceptors (Lipinski definition) is 1. The summed E-state index contributed by atoms with van der Waals surface area (Å²) >= 11 is 0. The van der Waals surface area contributed by atoms with Crippen molar-refractivity contribution in [2.24, 2.45) is 0 Å². The van der Waals surface area contributed by atoms with Crippen LogP contribution in [0.2, 0.25) is 0 Å². The first-order chi connectivity index (χ1) is 5.09. The number of halogens is 4. The summed E-state index contributed by atoms with van der Waals surface area (Å²) in [4.78, 5) is 0. The van der Waals surface area contributed by atoms with E-state index in [1.807, 2.05) is 0 Å². The molecule has 0 radical (unpaired) electrons. The van der Waals surface area contributed by atoms with Gasteiger partial charge in [0.1, 0.15) is 6.17 Å². The Balaban J connectivity index is 3.55. The van der Waals surface area contributed by atoms with Gasteiger partial charge in [-0.1, -0.05) is 0 Å². The molecule has 1 nitrogen and oxygen atoms in total. The van der Waals surface area contributed by atoms with Gasteiger partial charge in [0.15, 0.2) is 6.17 Å². The fourth-order valence-electron chi connectivity index (χ4n) is 0.604. The number of aliphatic hydroxyl groups is 1. The minimum atomic E-state index is -2.82. The topological polar surface area (TPSA) is 20.2 Å². The van der Waals surface area contributed by atoms with Gasteiger partial charge in [0.2, 0.25) is 6.36 Å². The van der Waals surface area contributed by atoms with Gasteiger partial charge in [-0.2, -0.15) is 0 Å². The molecule has 0 heterocycles.